The highest BCUT2D eigenvalue weighted by molar-refractivity contribution is 5.98. The smallest absolute Gasteiger partial charge is 0.325 e. The molecule has 6 heteroatoms. The first-order valence-electron chi connectivity index (χ1n) is 7.40. The molecule has 0 aliphatic heterocycles. The fraction of sp³-hybridized carbons (Fsp3) is 0.167. The van der Waals surface area contributed by atoms with Gasteiger partial charge < -0.3 is 15.4 Å². The number of rotatable bonds is 6. The molecular weight excluding hydrogens is 308 g/mol. The Bertz CT molecular complexity index is 729. The van der Waals surface area contributed by atoms with Crippen LogP contribution in [-0.4, -0.2) is 24.3 Å². The molecule has 0 bridgehead atoms. The van der Waals surface area contributed by atoms with Gasteiger partial charge in [-0.3, -0.25) is 14.4 Å². The lowest BCUT2D eigenvalue weighted by molar-refractivity contribution is -0.143. The van der Waals surface area contributed by atoms with Crippen LogP contribution in [0.2, 0.25) is 0 Å². The van der Waals surface area contributed by atoms with Gasteiger partial charge in [0.05, 0.1) is 0 Å². The predicted molar refractivity (Wildman–Crippen MR) is 89.3 cm³/mol. The van der Waals surface area contributed by atoms with Crippen molar-refractivity contribution in [1.29, 1.82) is 0 Å². The van der Waals surface area contributed by atoms with Crippen LogP contribution < -0.4 is 10.6 Å². The zero-order valence-corrected chi connectivity index (χ0v) is 13.2. The number of amides is 2. The number of hydrogen-bond donors (Lipinski definition) is 2. The molecule has 2 N–H and O–H groups in total. The minimum absolute atomic E-state index is 0.160. The molecule has 0 atom stereocenters. The molecule has 0 spiro atoms. The lowest BCUT2D eigenvalue weighted by atomic mass is 10.2. The minimum Gasteiger partial charge on any atom is -0.460 e. The number of anilines is 1. The standard InChI is InChI=1S/C18H18N2O4/c1-13(21)20-16-9-5-8-15(10-16)18(23)19-11-17(22)24-12-14-6-3-2-4-7-14/h2-10H,11-12H2,1H3,(H,19,23)(H,20,21). The quantitative estimate of drug-likeness (QED) is 0.796. The lowest BCUT2D eigenvalue weighted by Gasteiger charge is -2.08. The molecule has 0 fully saturated rings. The molecule has 0 unspecified atom stereocenters. The van der Waals surface area contributed by atoms with Crippen LogP contribution in [0.3, 0.4) is 0 Å². The first-order chi connectivity index (χ1) is 11.5. The Morgan fingerprint density at radius 1 is 1.00 bits per heavy atom. The zero-order valence-electron chi connectivity index (χ0n) is 13.2. The Morgan fingerprint density at radius 2 is 1.75 bits per heavy atom. The fourth-order valence-electron chi connectivity index (χ4n) is 1.99. The van der Waals surface area contributed by atoms with Crippen molar-refractivity contribution in [2.45, 2.75) is 13.5 Å². The summed E-state index contributed by atoms with van der Waals surface area (Å²) >= 11 is 0. The Kier molecular flexibility index (Phi) is 6.08. The maximum absolute atomic E-state index is 12.0. The number of ether oxygens (including phenoxy) is 1. The van der Waals surface area contributed by atoms with E-state index in [4.69, 9.17) is 4.74 Å². The number of hydrogen-bond acceptors (Lipinski definition) is 4. The number of carbonyl (C=O) groups excluding carboxylic acids is 3. The van der Waals surface area contributed by atoms with Crippen LogP contribution in [0.1, 0.15) is 22.8 Å². The summed E-state index contributed by atoms with van der Waals surface area (Å²) in [6.45, 7) is 1.32. The van der Waals surface area contributed by atoms with Gasteiger partial charge in [0, 0.05) is 18.2 Å². The first kappa shape index (κ1) is 17.2. The van der Waals surface area contributed by atoms with Crippen molar-refractivity contribution >= 4 is 23.5 Å². The Hall–Kier alpha value is -3.15. The molecule has 2 amide bonds. The van der Waals surface area contributed by atoms with E-state index >= 15 is 0 Å². The van der Waals surface area contributed by atoms with E-state index in [0.29, 0.717) is 11.3 Å². The van der Waals surface area contributed by atoms with Gasteiger partial charge >= 0.3 is 5.97 Å². The van der Waals surface area contributed by atoms with Crippen molar-refractivity contribution in [3.8, 4) is 0 Å². The van der Waals surface area contributed by atoms with Crippen molar-refractivity contribution in [3.63, 3.8) is 0 Å². The van der Waals surface area contributed by atoms with Crippen molar-refractivity contribution in [2.75, 3.05) is 11.9 Å². The molecule has 0 radical (unpaired) electrons. The number of esters is 1. The van der Waals surface area contributed by atoms with E-state index in [0.717, 1.165) is 5.56 Å². The molecule has 0 aromatic heterocycles. The molecule has 0 aliphatic rings. The van der Waals surface area contributed by atoms with Crippen LogP contribution in [0.15, 0.2) is 54.6 Å². The largest absolute Gasteiger partial charge is 0.460 e. The number of carbonyl (C=O) groups is 3. The summed E-state index contributed by atoms with van der Waals surface area (Å²) in [7, 11) is 0. The highest BCUT2D eigenvalue weighted by atomic mass is 16.5. The summed E-state index contributed by atoms with van der Waals surface area (Å²) in [5.74, 6) is -1.17. The molecule has 24 heavy (non-hydrogen) atoms. The Labute approximate surface area is 139 Å². The van der Waals surface area contributed by atoms with Crippen LogP contribution >= 0.6 is 0 Å². The first-order valence-corrected chi connectivity index (χ1v) is 7.40. The third-order valence-electron chi connectivity index (χ3n) is 3.08. The summed E-state index contributed by atoms with van der Waals surface area (Å²) in [4.78, 5) is 34.7. The van der Waals surface area contributed by atoms with E-state index in [1.54, 1.807) is 18.2 Å². The van der Waals surface area contributed by atoms with Gasteiger partial charge in [0.2, 0.25) is 5.91 Å². The molecule has 0 aliphatic carbocycles. The second-order valence-corrected chi connectivity index (χ2v) is 5.09. The summed E-state index contributed by atoms with van der Waals surface area (Å²) < 4.78 is 5.08. The summed E-state index contributed by atoms with van der Waals surface area (Å²) in [6.07, 6.45) is 0. The van der Waals surface area contributed by atoms with Gasteiger partial charge in [-0.2, -0.15) is 0 Å². The van der Waals surface area contributed by atoms with E-state index in [9.17, 15) is 14.4 Å². The van der Waals surface area contributed by atoms with E-state index in [-0.39, 0.29) is 19.1 Å². The van der Waals surface area contributed by atoms with Gasteiger partial charge in [0.15, 0.2) is 0 Å². The average Bonchev–Trinajstić information content (AvgIpc) is 2.58. The van der Waals surface area contributed by atoms with Gasteiger partial charge in [-0.15, -0.1) is 0 Å². The van der Waals surface area contributed by atoms with Crippen molar-refractivity contribution in [3.05, 3.63) is 65.7 Å². The van der Waals surface area contributed by atoms with Gasteiger partial charge in [-0.1, -0.05) is 36.4 Å². The molecule has 124 valence electrons. The minimum atomic E-state index is -0.523. The third kappa shape index (κ3) is 5.57. The molecule has 2 rings (SSSR count). The van der Waals surface area contributed by atoms with Gasteiger partial charge in [0.1, 0.15) is 13.2 Å². The monoisotopic (exact) mass is 326 g/mol. The van der Waals surface area contributed by atoms with Gasteiger partial charge in [-0.05, 0) is 23.8 Å². The molecule has 0 saturated heterocycles. The highest BCUT2D eigenvalue weighted by Gasteiger charge is 2.10. The second kappa shape index (κ2) is 8.47. The maximum atomic E-state index is 12.0. The van der Waals surface area contributed by atoms with Crippen LogP contribution in [0.25, 0.3) is 0 Å². The summed E-state index contributed by atoms with van der Waals surface area (Å²) in [5.41, 5.74) is 1.74. The molecule has 6 nitrogen and oxygen atoms in total. The fourth-order valence-corrected chi connectivity index (χ4v) is 1.99. The van der Waals surface area contributed by atoms with Gasteiger partial charge in [-0.25, -0.2) is 0 Å². The van der Waals surface area contributed by atoms with E-state index < -0.39 is 11.9 Å². The normalized spacial score (nSPS) is 9.88. The Morgan fingerprint density at radius 3 is 2.46 bits per heavy atom. The van der Waals surface area contributed by atoms with Crippen molar-refractivity contribution in [2.24, 2.45) is 0 Å². The highest BCUT2D eigenvalue weighted by Crippen LogP contribution is 2.10. The van der Waals surface area contributed by atoms with E-state index in [2.05, 4.69) is 10.6 Å². The summed E-state index contributed by atoms with van der Waals surface area (Å²) in [6, 6.07) is 15.7. The van der Waals surface area contributed by atoms with Crippen molar-refractivity contribution in [1.82, 2.24) is 5.32 Å². The zero-order chi connectivity index (χ0) is 17.4. The van der Waals surface area contributed by atoms with E-state index in [1.165, 1.54) is 13.0 Å². The Balaban J connectivity index is 1.82. The van der Waals surface area contributed by atoms with Crippen LogP contribution in [0, 0.1) is 0 Å². The lowest BCUT2D eigenvalue weighted by Crippen LogP contribution is -2.30. The average molecular weight is 326 g/mol. The van der Waals surface area contributed by atoms with Crippen molar-refractivity contribution < 1.29 is 19.1 Å². The van der Waals surface area contributed by atoms with Crippen LogP contribution in [0.5, 0.6) is 0 Å². The number of nitrogens with one attached hydrogen (secondary N) is 2. The molecular formula is C18H18N2O4. The van der Waals surface area contributed by atoms with E-state index in [1.807, 2.05) is 30.3 Å². The SMILES string of the molecule is CC(=O)Nc1cccc(C(=O)NCC(=O)OCc2ccccc2)c1. The molecule has 0 heterocycles. The number of benzene rings is 2. The van der Waals surface area contributed by atoms with Crippen LogP contribution in [-0.2, 0) is 20.9 Å². The second-order valence-electron chi connectivity index (χ2n) is 5.09. The summed E-state index contributed by atoms with van der Waals surface area (Å²) in [5, 5.41) is 5.08. The molecule has 0 saturated carbocycles. The van der Waals surface area contributed by atoms with Crippen LogP contribution in [0.4, 0.5) is 5.69 Å². The topological polar surface area (TPSA) is 84.5 Å². The third-order valence-corrected chi connectivity index (χ3v) is 3.08. The maximum Gasteiger partial charge on any atom is 0.325 e. The molecule has 2 aromatic carbocycles. The van der Waals surface area contributed by atoms with Gasteiger partial charge in [0.25, 0.3) is 5.91 Å². The molecule has 2 aromatic rings. The predicted octanol–water partition coefficient (Wildman–Crippen LogP) is 2.12.